The Morgan fingerprint density at radius 1 is 1.09 bits per heavy atom. The lowest BCUT2D eigenvalue weighted by molar-refractivity contribution is -0.137. The number of anilines is 2. The van der Waals surface area contributed by atoms with Gasteiger partial charge in [0.15, 0.2) is 4.34 Å². The molecule has 0 saturated heterocycles. The predicted octanol–water partition coefficient (Wildman–Crippen LogP) is 3.39. The number of para-hydroxylation sites is 1. The quantitative estimate of drug-likeness (QED) is 0.242. The van der Waals surface area contributed by atoms with Crippen molar-refractivity contribution in [1.82, 2.24) is 10.2 Å². The summed E-state index contributed by atoms with van der Waals surface area (Å²) in [5, 5.41) is 10.5. The van der Waals surface area contributed by atoms with Gasteiger partial charge in [-0.1, -0.05) is 41.3 Å². The van der Waals surface area contributed by atoms with E-state index in [4.69, 9.17) is 4.74 Å². The molecule has 0 saturated carbocycles. The van der Waals surface area contributed by atoms with Crippen molar-refractivity contribution in [3.63, 3.8) is 0 Å². The number of carbonyl (C=O) groups is 2. The number of benzene rings is 2. The van der Waals surface area contributed by atoms with Crippen LogP contribution in [0.25, 0.3) is 0 Å². The van der Waals surface area contributed by atoms with Gasteiger partial charge in [-0.15, -0.1) is 10.2 Å². The second-order valence-corrected chi connectivity index (χ2v) is 10.9. The molecule has 1 atom stereocenters. The molecule has 1 aromatic heterocycles. The SMILES string of the molecule is COC(=O)CSc1nnc(NC(=O)[C@@H](C)N(c2ccc(Oc3ccccc3)cc2)S(C)(=O)=O)s1. The largest absolute Gasteiger partial charge is 0.468 e. The van der Waals surface area contributed by atoms with Crippen molar-refractivity contribution in [1.29, 1.82) is 0 Å². The van der Waals surface area contributed by atoms with Crippen LogP contribution in [0.15, 0.2) is 58.9 Å². The lowest BCUT2D eigenvalue weighted by Gasteiger charge is -2.28. The first-order valence-electron chi connectivity index (χ1n) is 9.83. The third kappa shape index (κ3) is 6.92. The molecule has 34 heavy (non-hydrogen) atoms. The number of hydrogen-bond acceptors (Lipinski definition) is 10. The summed E-state index contributed by atoms with van der Waals surface area (Å²) >= 11 is 2.19. The zero-order chi connectivity index (χ0) is 24.7. The molecule has 2 aromatic carbocycles. The fraction of sp³-hybridized carbons (Fsp3) is 0.238. The molecule has 10 nitrogen and oxygen atoms in total. The van der Waals surface area contributed by atoms with Gasteiger partial charge in [0.2, 0.25) is 21.1 Å². The minimum atomic E-state index is -3.80. The lowest BCUT2D eigenvalue weighted by atomic mass is 10.2. The highest BCUT2D eigenvalue weighted by atomic mass is 32.2. The number of esters is 1. The molecular weight excluding hydrogens is 500 g/mol. The van der Waals surface area contributed by atoms with Crippen molar-refractivity contribution in [3.05, 3.63) is 54.6 Å². The van der Waals surface area contributed by atoms with Gasteiger partial charge in [-0.3, -0.25) is 19.2 Å². The first kappa shape index (κ1) is 25.5. The number of ether oxygens (including phenoxy) is 2. The maximum Gasteiger partial charge on any atom is 0.316 e. The summed E-state index contributed by atoms with van der Waals surface area (Å²) in [4.78, 5) is 24.1. The van der Waals surface area contributed by atoms with Gasteiger partial charge < -0.3 is 9.47 Å². The van der Waals surface area contributed by atoms with Crippen molar-refractivity contribution in [2.75, 3.05) is 28.7 Å². The van der Waals surface area contributed by atoms with Crippen LogP contribution in [0.4, 0.5) is 10.8 Å². The molecule has 0 spiro atoms. The van der Waals surface area contributed by atoms with Crippen LogP contribution in [0.3, 0.4) is 0 Å². The highest BCUT2D eigenvalue weighted by Crippen LogP contribution is 2.28. The standard InChI is InChI=1S/C21H22N4O6S3/c1-14(19(27)22-20-23-24-21(33-20)32-13-18(26)30-2)25(34(3,28)29)15-9-11-17(12-10-15)31-16-7-5-4-6-8-16/h4-12,14H,13H2,1-3H3,(H,22,23,27)/t14-/m1/s1. The maximum absolute atomic E-state index is 12.8. The number of methoxy groups -OCH3 is 1. The molecule has 3 aromatic rings. The number of rotatable bonds is 10. The molecule has 1 amide bonds. The van der Waals surface area contributed by atoms with Gasteiger partial charge in [-0.25, -0.2) is 8.42 Å². The molecule has 1 N–H and O–H groups in total. The zero-order valence-electron chi connectivity index (χ0n) is 18.5. The summed E-state index contributed by atoms with van der Waals surface area (Å²) in [6, 6.07) is 14.5. The van der Waals surface area contributed by atoms with Crippen LogP contribution < -0.4 is 14.4 Å². The van der Waals surface area contributed by atoms with Crippen molar-refractivity contribution < 1.29 is 27.5 Å². The van der Waals surface area contributed by atoms with Crippen LogP contribution in [-0.2, 0) is 24.3 Å². The van der Waals surface area contributed by atoms with E-state index in [2.05, 4.69) is 20.3 Å². The lowest BCUT2D eigenvalue weighted by Crippen LogP contribution is -2.45. The van der Waals surface area contributed by atoms with Gasteiger partial charge >= 0.3 is 5.97 Å². The third-order valence-corrected chi connectivity index (χ3v) is 7.52. The van der Waals surface area contributed by atoms with Crippen LogP contribution in [0.5, 0.6) is 11.5 Å². The minimum Gasteiger partial charge on any atom is -0.468 e. The second-order valence-electron chi connectivity index (χ2n) is 6.87. The highest BCUT2D eigenvalue weighted by Gasteiger charge is 2.30. The number of nitrogens with zero attached hydrogens (tertiary/aromatic N) is 3. The highest BCUT2D eigenvalue weighted by molar-refractivity contribution is 8.01. The fourth-order valence-electron chi connectivity index (χ4n) is 2.80. The monoisotopic (exact) mass is 522 g/mol. The minimum absolute atomic E-state index is 0.0569. The van der Waals surface area contributed by atoms with Crippen molar-refractivity contribution in [3.8, 4) is 11.5 Å². The molecule has 180 valence electrons. The van der Waals surface area contributed by atoms with Crippen LogP contribution in [0.2, 0.25) is 0 Å². The topological polar surface area (TPSA) is 128 Å². The maximum atomic E-state index is 12.8. The summed E-state index contributed by atoms with van der Waals surface area (Å²) in [5.74, 6) is 0.219. The van der Waals surface area contributed by atoms with Gasteiger partial charge in [-0.05, 0) is 43.3 Å². The molecule has 0 aliphatic carbocycles. The van der Waals surface area contributed by atoms with Crippen LogP contribution in [0, 0.1) is 0 Å². The van der Waals surface area contributed by atoms with Crippen molar-refractivity contribution in [2.45, 2.75) is 17.3 Å². The fourth-order valence-corrected chi connectivity index (χ4v) is 5.56. The Hall–Kier alpha value is -3.16. The van der Waals surface area contributed by atoms with E-state index in [1.165, 1.54) is 14.0 Å². The Kier molecular flexibility index (Phi) is 8.47. The first-order chi connectivity index (χ1) is 16.2. The van der Waals surface area contributed by atoms with Crippen molar-refractivity contribution >= 4 is 55.8 Å². The summed E-state index contributed by atoms with van der Waals surface area (Å²) in [5.41, 5.74) is 0.303. The van der Waals surface area contributed by atoms with Gasteiger partial charge in [0.1, 0.15) is 17.5 Å². The molecule has 1 heterocycles. The Balaban J connectivity index is 1.71. The molecule has 0 aliphatic heterocycles. The average molecular weight is 523 g/mol. The number of sulfonamides is 1. The van der Waals surface area contributed by atoms with E-state index >= 15 is 0 Å². The summed E-state index contributed by atoms with van der Waals surface area (Å²) in [7, 11) is -2.51. The number of carbonyl (C=O) groups excluding carboxylic acids is 2. The van der Waals surface area contributed by atoms with Gasteiger partial charge in [0, 0.05) is 0 Å². The van der Waals surface area contributed by atoms with E-state index in [-0.39, 0.29) is 10.9 Å². The Morgan fingerprint density at radius 2 is 1.74 bits per heavy atom. The number of hydrogen-bond donors (Lipinski definition) is 1. The van der Waals surface area contributed by atoms with Gasteiger partial charge in [0.25, 0.3) is 0 Å². The van der Waals surface area contributed by atoms with Crippen LogP contribution in [0.1, 0.15) is 6.92 Å². The molecule has 0 bridgehead atoms. The normalized spacial score (nSPS) is 12.0. The van der Waals surface area contributed by atoms with E-state index in [1.54, 1.807) is 36.4 Å². The smallest absolute Gasteiger partial charge is 0.316 e. The van der Waals surface area contributed by atoms with E-state index in [9.17, 15) is 18.0 Å². The van der Waals surface area contributed by atoms with Crippen molar-refractivity contribution in [2.24, 2.45) is 0 Å². The number of thioether (sulfide) groups is 1. The number of aromatic nitrogens is 2. The summed E-state index contributed by atoms with van der Waals surface area (Å²) in [6.07, 6.45) is 1.03. The average Bonchev–Trinajstić information content (AvgIpc) is 3.25. The third-order valence-electron chi connectivity index (χ3n) is 4.34. The molecule has 0 radical (unpaired) electrons. The Bertz CT molecular complexity index is 1230. The molecule has 0 aliphatic rings. The second kappa shape index (κ2) is 11.3. The first-order valence-corrected chi connectivity index (χ1v) is 13.5. The van der Waals surface area contributed by atoms with E-state index in [0.717, 1.165) is 33.7 Å². The number of amides is 1. The van der Waals surface area contributed by atoms with Gasteiger partial charge in [0.05, 0.1) is 24.8 Å². The Labute approximate surface area is 205 Å². The molecule has 0 fully saturated rings. The van der Waals surface area contributed by atoms with Crippen LogP contribution in [-0.4, -0.2) is 55.7 Å². The Morgan fingerprint density at radius 3 is 2.35 bits per heavy atom. The molecular formula is C21H22N4O6S3. The van der Waals surface area contributed by atoms with E-state index in [1.807, 2.05) is 18.2 Å². The molecule has 13 heteroatoms. The van der Waals surface area contributed by atoms with Gasteiger partial charge in [-0.2, -0.15) is 0 Å². The molecule has 0 unspecified atom stereocenters. The zero-order valence-corrected chi connectivity index (χ0v) is 20.9. The predicted molar refractivity (Wildman–Crippen MR) is 131 cm³/mol. The summed E-state index contributed by atoms with van der Waals surface area (Å²) in [6.45, 7) is 1.47. The molecule has 3 rings (SSSR count). The summed E-state index contributed by atoms with van der Waals surface area (Å²) < 4.78 is 36.8. The van der Waals surface area contributed by atoms with E-state index in [0.29, 0.717) is 21.5 Å². The van der Waals surface area contributed by atoms with Crippen LogP contribution >= 0.6 is 23.1 Å². The number of nitrogens with one attached hydrogen (secondary N) is 1. The van der Waals surface area contributed by atoms with E-state index < -0.39 is 27.9 Å².